The van der Waals surface area contributed by atoms with Gasteiger partial charge in [0.15, 0.2) is 0 Å². The molecule has 1 aliphatic heterocycles. The van der Waals surface area contributed by atoms with Gasteiger partial charge >= 0.3 is 0 Å². The Balaban J connectivity index is 2.39. The highest BCUT2D eigenvalue weighted by atomic mass is 16.5. The van der Waals surface area contributed by atoms with E-state index in [1.54, 1.807) is 0 Å². The summed E-state index contributed by atoms with van der Waals surface area (Å²) in [6.07, 6.45) is 1.07. The largest absolute Gasteiger partial charge is 0.398 e. The topological polar surface area (TPSA) is 35.2 Å². The second-order valence-electron chi connectivity index (χ2n) is 3.95. The molecule has 13 heavy (non-hydrogen) atoms. The quantitative estimate of drug-likeness (QED) is 0.665. The molecule has 0 aromatic heterocycles. The molecule has 1 aromatic carbocycles. The molecule has 1 atom stereocenters. The molecule has 0 saturated carbocycles. The SMILES string of the molecule is CC1(c2ccccc2N)CCOC1. The zero-order valence-electron chi connectivity index (χ0n) is 7.92. The average Bonchev–Trinajstić information content (AvgIpc) is 2.54. The first-order valence-corrected chi connectivity index (χ1v) is 4.65. The third-order valence-corrected chi connectivity index (χ3v) is 2.83. The average molecular weight is 177 g/mol. The molecule has 1 aromatic rings. The Morgan fingerprint density at radius 1 is 1.38 bits per heavy atom. The minimum atomic E-state index is 0.130. The van der Waals surface area contributed by atoms with Crippen LogP contribution in [0.1, 0.15) is 18.9 Å². The summed E-state index contributed by atoms with van der Waals surface area (Å²) in [4.78, 5) is 0. The minimum absolute atomic E-state index is 0.130. The molecule has 1 saturated heterocycles. The molecule has 2 rings (SSSR count). The normalized spacial score (nSPS) is 27.8. The molecule has 0 bridgehead atoms. The smallest absolute Gasteiger partial charge is 0.0561 e. The lowest BCUT2D eigenvalue weighted by Gasteiger charge is -2.23. The molecular formula is C11H15NO. The van der Waals surface area contributed by atoms with Crippen molar-refractivity contribution in [3.63, 3.8) is 0 Å². The molecule has 0 amide bonds. The minimum Gasteiger partial charge on any atom is -0.398 e. The van der Waals surface area contributed by atoms with Crippen molar-refractivity contribution in [2.45, 2.75) is 18.8 Å². The molecule has 1 heterocycles. The van der Waals surface area contributed by atoms with Crippen LogP contribution in [0.5, 0.6) is 0 Å². The third kappa shape index (κ3) is 1.42. The lowest BCUT2D eigenvalue weighted by Crippen LogP contribution is -2.23. The van der Waals surface area contributed by atoms with Gasteiger partial charge in [-0.05, 0) is 18.1 Å². The molecule has 0 spiro atoms. The molecular weight excluding hydrogens is 162 g/mol. The summed E-state index contributed by atoms with van der Waals surface area (Å²) in [6.45, 7) is 3.86. The summed E-state index contributed by atoms with van der Waals surface area (Å²) in [5.74, 6) is 0. The Morgan fingerprint density at radius 3 is 2.77 bits per heavy atom. The van der Waals surface area contributed by atoms with Gasteiger partial charge in [-0.2, -0.15) is 0 Å². The van der Waals surface area contributed by atoms with E-state index < -0.39 is 0 Å². The predicted molar refractivity (Wildman–Crippen MR) is 53.6 cm³/mol. The molecule has 1 aliphatic rings. The van der Waals surface area contributed by atoms with Crippen molar-refractivity contribution in [3.05, 3.63) is 29.8 Å². The van der Waals surface area contributed by atoms with E-state index in [4.69, 9.17) is 10.5 Å². The van der Waals surface area contributed by atoms with Crippen LogP contribution in [-0.2, 0) is 10.2 Å². The van der Waals surface area contributed by atoms with Crippen molar-refractivity contribution in [3.8, 4) is 0 Å². The van der Waals surface area contributed by atoms with Crippen LogP contribution >= 0.6 is 0 Å². The van der Waals surface area contributed by atoms with Gasteiger partial charge in [-0.15, -0.1) is 0 Å². The van der Waals surface area contributed by atoms with Crippen molar-refractivity contribution in [1.82, 2.24) is 0 Å². The Bertz CT molecular complexity index is 303. The lowest BCUT2D eigenvalue weighted by molar-refractivity contribution is 0.181. The molecule has 1 fully saturated rings. The first-order chi connectivity index (χ1) is 6.22. The van der Waals surface area contributed by atoms with Crippen molar-refractivity contribution < 1.29 is 4.74 Å². The monoisotopic (exact) mass is 177 g/mol. The molecule has 2 N–H and O–H groups in total. The van der Waals surface area contributed by atoms with E-state index >= 15 is 0 Å². The summed E-state index contributed by atoms with van der Waals surface area (Å²) >= 11 is 0. The first kappa shape index (κ1) is 8.57. The van der Waals surface area contributed by atoms with Crippen LogP contribution in [-0.4, -0.2) is 13.2 Å². The first-order valence-electron chi connectivity index (χ1n) is 4.65. The lowest BCUT2D eigenvalue weighted by atomic mass is 9.81. The van der Waals surface area contributed by atoms with Crippen LogP contribution in [0.3, 0.4) is 0 Å². The number of para-hydroxylation sites is 1. The van der Waals surface area contributed by atoms with E-state index in [0.717, 1.165) is 25.3 Å². The maximum atomic E-state index is 5.93. The fourth-order valence-corrected chi connectivity index (χ4v) is 1.93. The number of anilines is 1. The Hall–Kier alpha value is -1.02. The highest BCUT2D eigenvalue weighted by Crippen LogP contribution is 2.35. The van der Waals surface area contributed by atoms with Gasteiger partial charge in [0.1, 0.15) is 0 Å². The van der Waals surface area contributed by atoms with Crippen molar-refractivity contribution in [1.29, 1.82) is 0 Å². The molecule has 2 heteroatoms. The predicted octanol–water partition coefficient (Wildman–Crippen LogP) is 1.95. The van der Waals surface area contributed by atoms with Gasteiger partial charge in [0.05, 0.1) is 6.61 Å². The summed E-state index contributed by atoms with van der Waals surface area (Å²) in [5.41, 5.74) is 8.17. The fourth-order valence-electron chi connectivity index (χ4n) is 1.93. The van der Waals surface area contributed by atoms with Gasteiger partial charge in [0.2, 0.25) is 0 Å². The highest BCUT2D eigenvalue weighted by molar-refractivity contribution is 5.50. The van der Waals surface area contributed by atoms with Gasteiger partial charge in [-0.3, -0.25) is 0 Å². The van der Waals surface area contributed by atoms with Gasteiger partial charge in [0.25, 0.3) is 0 Å². The van der Waals surface area contributed by atoms with E-state index in [1.165, 1.54) is 5.56 Å². The van der Waals surface area contributed by atoms with E-state index in [9.17, 15) is 0 Å². The van der Waals surface area contributed by atoms with Crippen LogP contribution in [0, 0.1) is 0 Å². The number of rotatable bonds is 1. The zero-order valence-corrected chi connectivity index (χ0v) is 7.92. The molecule has 0 aliphatic carbocycles. The molecule has 0 radical (unpaired) electrons. The summed E-state index contributed by atoms with van der Waals surface area (Å²) in [7, 11) is 0. The van der Waals surface area contributed by atoms with Crippen LogP contribution in [0.25, 0.3) is 0 Å². The fraction of sp³-hybridized carbons (Fsp3) is 0.455. The van der Waals surface area contributed by atoms with Crippen molar-refractivity contribution in [2.75, 3.05) is 18.9 Å². The van der Waals surface area contributed by atoms with Crippen LogP contribution in [0.15, 0.2) is 24.3 Å². The number of nitrogen functional groups attached to an aromatic ring is 1. The Morgan fingerprint density at radius 2 is 2.15 bits per heavy atom. The van der Waals surface area contributed by atoms with Crippen LogP contribution < -0.4 is 5.73 Å². The van der Waals surface area contributed by atoms with Gasteiger partial charge in [-0.1, -0.05) is 25.1 Å². The summed E-state index contributed by atoms with van der Waals surface area (Å²) < 4.78 is 5.41. The Labute approximate surface area is 78.7 Å². The van der Waals surface area contributed by atoms with Gasteiger partial charge < -0.3 is 10.5 Å². The van der Waals surface area contributed by atoms with E-state index in [-0.39, 0.29) is 5.41 Å². The Kier molecular flexibility index (Phi) is 2.00. The maximum Gasteiger partial charge on any atom is 0.0561 e. The van der Waals surface area contributed by atoms with Gasteiger partial charge in [0, 0.05) is 17.7 Å². The standard InChI is InChI=1S/C11H15NO/c1-11(6-7-13-8-11)9-4-2-3-5-10(9)12/h2-5H,6-8,12H2,1H3. The second-order valence-corrected chi connectivity index (χ2v) is 3.95. The number of hydrogen-bond acceptors (Lipinski definition) is 2. The van der Waals surface area contributed by atoms with E-state index in [2.05, 4.69) is 13.0 Å². The van der Waals surface area contributed by atoms with E-state index in [1.807, 2.05) is 18.2 Å². The highest BCUT2D eigenvalue weighted by Gasteiger charge is 2.32. The van der Waals surface area contributed by atoms with Crippen LogP contribution in [0.2, 0.25) is 0 Å². The number of hydrogen-bond donors (Lipinski definition) is 1. The van der Waals surface area contributed by atoms with E-state index in [0.29, 0.717) is 0 Å². The molecule has 2 nitrogen and oxygen atoms in total. The van der Waals surface area contributed by atoms with Crippen LogP contribution in [0.4, 0.5) is 5.69 Å². The number of benzene rings is 1. The van der Waals surface area contributed by atoms with Crippen molar-refractivity contribution in [2.24, 2.45) is 0 Å². The second kappa shape index (κ2) is 3.04. The number of nitrogens with two attached hydrogens (primary N) is 1. The summed E-state index contributed by atoms with van der Waals surface area (Å²) in [5, 5.41) is 0. The molecule has 70 valence electrons. The number of ether oxygens (including phenoxy) is 1. The third-order valence-electron chi connectivity index (χ3n) is 2.83. The van der Waals surface area contributed by atoms with Crippen molar-refractivity contribution >= 4 is 5.69 Å². The zero-order chi connectivity index (χ0) is 9.31. The summed E-state index contributed by atoms with van der Waals surface area (Å²) in [6, 6.07) is 8.07. The van der Waals surface area contributed by atoms with Gasteiger partial charge in [-0.25, -0.2) is 0 Å². The molecule has 1 unspecified atom stereocenters. The maximum absolute atomic E-state index is 5.93.